The Hall–Kier alpha value is -1.18. The Morgan fingerprint density at radius 1 is 0.635 bits per heavy atom. The summed E-state index contributed by atoms with van der Waals surface area (Å²) in [4.78, 5) is 4.98. The molecule has 6 aliphatic heterocycles. The Balaban J connectivity index is 0.000000151. The minimum Gasteiger partial charge on any atom is -0.497 e. The molecule has 1 N–H and O–H groups in total. The van der Waals surface area contributed by atoms with Gasteiger partial charge in [-0.3, -0.25) is 4.18 Å². The highest BCUT2D eigenvalue weighted by Crippen LogP contribution is 2.40. The van der Waals surface area contributed by atoms with E-state index in [0.717, 1.165) is 76.8 Å². The number of methoxy groups -OCH3 is 2. The van der Waals surface area contributed by atoms with Gasteiger partial charge in [0.15, 0.2) is 0 Å². The van der Waals surface area contributed by atoms with Gasteiger partial charge in [0, 0.05) is 58.3 Å². The fourth-order valence-corrected chi connectivity index (χ4v) is 12.5. The molecule has 0 spiro atoms. The molecule has 6 saturated heterocycles. The Bertz CT molecular complexity index is 1450. The van der Waals surface area contributed by atoms with Crippen molar-refractivity contribution in [3.63, 3.8) is 0 Å². The lowest BCUT2D eigenvalue weighted by atomic mass is 10.0. The molecule has 52 heavy (non-hydrogen) atoms. The maximum atomic E-state index is 11.0. The van der Waals surface area contributed by atoms with E-state index in [1.54, 1.807) is 14.2 Å². The lowest BCUT2D eigenvalue weighted by Crippen LogP contribution is -2.43. The summed E-state index contributed by atoms with van der Waals surface area (Å²) in [6.45, 7) is 0. The predicted octanol–water partition coefficient (Wildman–Crippen LogP) is 7.77. The van der Waals surface area contributed by atoms with Crippen LogP contribution in [0.1, 0.15) is 88.2 Å². The van der Waals surface area contributed by atoms with Gasteiger partial charge in [-0.2, -0.15) is 31.9 Å². The molecule has 0 saturated carbocycles. The highest BCUT2D eigenvalue weighted by atomic mass is 35.5. The maximum absolute atomic E-state index is 11.0. The number of halogens is 1. The quantitative estimate of drug-likeness (QED) is 0.241. The Morgan fingerprint density at radius 2 is 1.02 bits per heavy atom. The van der Waals surface area contributed by atoms with Gasteiger partial charge >= 0.3 is 0 Å². The van der Waals surface area contributed by atoms with E-state index in [9.17, 15) is 8.42 Å². The van der Waals surface area contributed by atoms with Crippen LogP contribution < -0.4 is 14.8 Å². The molecule has 0 aliphatic carbocycles. The summed E-state index contributed by atoms with van der Waals surface area (Å²) in [7, 11) is 4.59. The van der Waals surface area contributed by atoms with Crippen molar-refractivity contribution in [2.45, 2.75) is 141 Å². The van der Waals surface area contributed by atoms with Crippen LogP contribution in [-0.2, 0) is 25.8 Å². The number of thioether (sulfide) groups is 2. The molecule has 6 atom stereocenters. The van der Waals surface area contributed by atoms with Crippen molar-refractivity contribution in [3.05, 3.63) is 59.7 Å². The average Bonchev–Trinajstić information content (AvgIpc) is 3.62. The van der Waals surface area contributed by atoms with Crippen LogP contribution >= 0.6 is 35.9 Å². The first-order valence-corrected chi connectivity index (χ1v) is 23.0. The van der Waals surface area contributed by atoms with E-state index >= 15 is 0 Å². The van der Waals surface area contributed by atoms with Crippen molar-refractivity contribution in [1.82, 2.24) is 15.1 Å². The lowest BCUT2D eigenvalue weighted by molar-refractivity contribution is 0.0710. The number of fused-ring (bicyclic) bond motifs is 6. The smallest absolute Gasteiger partial charge is 0.264 e. The number of rotatable bonds is 10. The molecule has 6 aliphatic rings. The van der Waals surface area contributed by atoms with Gasteiger partial charge in [0.05, 0.1) is 26.6 Å². The highest BCUT2D eigenvalue weighted by Gasteiger charge is 2.40. The SMILES string of the molecule is CN1C2CCC1CC(OS(C)(=O)=O)C2.COc1ccc(CSC2CC3CCC(C2)N3)cc1.COc1ccc(CSC2CC3CCC(C2)N3C)cc1.Cl. The van der Waals surface area contributed by atoms with Crippen molar-refractivity contribution in [2.75, 3.05) is 34.6 Å². The minimum absolute atomic E-state index is 0. The second-order valence-electron chi connectivity index (χ2n) is 15.6. The monoisotopic (exact) mass is 795 g/mol. The number of nitrogens with one attached hydrogen (secondary N) is 1. The minimum atomic E-state index is -3.28. The first kappa shape index (κ1) is 42.0. The number of nitrogens with zero attached hydrogens (tertiary/aromatic N) is 2. The van der Waals surface area contributed by atoms with E-state index in [2.05, 4.69) is 101 Å². The van der Waals surface area contributed by atoms with Gasteiger partial charge in [-0.1, -0.05) is 24.3 Å². The molecular formula is C40H62ClN3O5S3. The molecule has 0 radical (unpaired) electrons. The molecule has 2 aromatic rings. The molecule has 0 amide bonds. The van der Waals surface area contributed by atoms with Crippen LogP contribution in [0, 0.1) is 0 Å². The number of hydrogen-bond donors (Lipinski definition) is 1. The third kappa shape index (κ3) is 11.9. The van der Waals surface area contributed by atoms with Crippen molar-refractivity contribution in [1.29, 1.82) is 0 Å². The average molecular weight is 797 g/mol. The summed E-state index contributed by atoms with van der Waals surface area (Å²) < 4.78 is 37.4. The van der Waals surface area contributed by atoms with E-state index in [1.165, 1.54) is 75.3 Å². The Labute approximate surface area is 328 Å². The molecule has 8 nitrogen and oxygen atoms in total. The maximum Gasteiger partial charge on any atom is 0.264 e. The zero-order valence-electron chi connectivity index (χ0n) is 31.8. The van der Waals surface area contributed by atoms with Crippen LogP contribution in [0.15, 0.2) is 48.5 Å². The van der Waals surface area contributed by atoms with Crippen molar-refractivity contribution < 1.29 is 22.1 Å². The van der Waals surface area contributed by atoms with Crippen LogP contribution in [-0.4, -0.2) is 106 Å². The van der Waals surface area contributed by atoms with Gasteiger partial charge in [-0.25, -0.2) is 0 Å². The van der Waals surface area contributed by atoms with Gasteiger partial charge in [-0.05, 0) is 127 Å². The van der Waals surface area contributed by atoms with Gasteiger partial charge < -0.3 is 24.6 Å². The van der Waals surface area contributed by atoms with E-state index < -0.39 is 10.1 Å². The third-order valence-corrected chi connectivity index (χ3v) is 15.5. The molecule has 6 bridgehead atoms. The summed E-state index contributed by atoms with van der Waals surface area (Å²) >= 11 is 4.28. The Morgan fingerprint density at radius 3 is 1.40 bits per heavy atom. The summed E-state index contributed by atoms with van der Waals surface area (Å²) in [6, 6.07) is 21.4. The number of hydrogen-bond acceptors (Lipinski definition) is 10. The van der Waals surface area contributed by atoms with E-state index in [-0.39, 0.29) is 18.5 Å². The molecule has 6 fully saturated rings. The Kier molecular flexibility index (Phi) is 15.8. The van der Waals surface area contributed by atoms with E-state index in [4.69, 9.17) is 13.7 Å². The highest BCUT2D eigenvalue weighted by molar-refractivity contribution is 7.99. The van der Waals surface area contributed by atoms with Crippen molar-refractivity contribution in [3.8, 4) is 11.5 Å². The summed E-state index contributed by atoms with van der Waals surface area (Å²) in [6.07, 6.45) is 16.2. The van der Waals surface area contributed by atoms with Gasteiger partial charge in [-0.15, -0.1) is 12.4 Å². The molecule has 6 heterocycles. The van der Waals surface area contributed by atoms with E-state index in [1.807, 2.05) is 0 Å². The summed E-state index contributed by atoms with van der Waals surface area (Å²) in [5.41, 5.74) is 2.82. The number of benzene rings is 2. The second-order valence-corrected chi connectivity index (χ2v) is 19.8. The van der Waals surface area contributed by atoms with Gasteiger partial charge in [0.2, 0.25) is 0 Å². The fraction of sp³-hybridized carbons (Fsp3) is 0.700. The zero-order valence-corrected chi connectivity index (χ0v) is 35.0. The van der Waals surface area contributed by atoms with Crippen LogP contribution in [0.3, 0.4) is 0 Å². The largest absolute Gasteiger partial charge is 0.497 e. The predicted molar refractivity (Wildman–Crippen MR) is 220 cm³/mol. The topological polar surface area (TPSA) is 80.3 Å². The molecule has 0 aromatic heterocycles. The van der Waals surface area contributed by atoms with Crippen LogP contribution in [0.4, 0.5) is 0 Å². The molecule has 8 rings (SSSR count). The van der Waals surface area contributed by atoms with Gasteiger partial charge in [0.1, 0.15) is 11.5 Å². The van der Waals surface area contributed by atoms with Crippen LogP contribution in [0.5, 0.6) is 11.5 Å². The number of piperidine rings is 3. The molecule has 6 unspecified atom stereocenters. The molecule has 292 valence electrons. The van der Waals surface area contributed by atoms with E-state index in [0.29, 0.717) is 12.1 Å². The standard InChI is InChI=1S/C16H23NOS.C15H21NOS.C9H17NO3S.ClH/c1-17-13-5-6-14(17)10-16(9-13)19-11-12-3-7-15(18-2)8-4-12;1-17-14-6-2-11(3-7-14)10-18-15-8-12-4-5-13(9-15)16-12;1-10-7-3-4-8(10)6-9(5-7)13-14(2,11)12;/h3-4,7-8,13-14,16H,5-6,9-11H2,1-2H3;2-3,6-7,12-13,15-16H,4-5,8-10H2,1H3;7-9H,3-6H2,1-2H3;1H. The zero-order chi connectivity index (χ0) is 36.0. The van der Waals surface area contributed by atoms with Gasteiger partial charge in [0.25, 0.3) is 10.1 Å². The normalized spacial score (nSPS) is 32.1. The fourth-order valence-electron chi connectivity index (χ4n) is 9.20. The van der Waals surface area contributed by atoms with Crippen LogP contribution in [0.25, 0.3) is 0 Å². The molecule has 2 aromatic carbocycles. The number of ether oxygens (including phenoxy) is 2. The second kappa shape index (κ2) is 19.6. The third-order valence-electron chi connectivity index (χ3n) is 12.1. The first-order chi connectivity index (χ1) is 24.5. The van der Waals surface area contributed by atoms with Crippen molar-refractivity contribution in [2.24, 2.45) is 0 Å². The van der Waals surface area contributed by atoms with Crippen LogP contribution in [0.2, 0.25) is 0 Å². The lowest BCUT2D eigenvalue weighted by Gasteiger charge is -2.36. The summed E-state index contributed by atoms with van der Waals surface area (Å²) in [5.74, 6) is 4.17. The van der Waals surface area contributed by atoms with Crippen molar-refractivity contribution >= 4 is 46.0 Å². The molecular weight excluding hydrogens is 734 g/mol. The summed E-state index contributed by atoms with van der Waals surface area (Å²) in [5, 5.41) is 5.41. The molecule has 12 heteroatoms. The first-order valence-electron chi connectivity index (χ1n) is 19.1.